The van der Waals surface area contributed by atoms with Gasteiger partial charge in [0, 0.05) is 25.1 Å². The van der Waals surface area contributed by atoms with Gasteiger partial charge in [-0.25, -0.2) is 0 Å². The van der Waals surface area contributed by atoms with Crippen LogP contribution in [0.5, 0.6) is 5.75 Å². The first-order valence-corrected chi connectivity index (χ1v) is 11.5. The fraction of sp³-hybridized carbons (Fsp3) is 0.519. The number of ether oxygens (including phenoxy) is 2. The van der Waals surface area contributed by atoms with Gasteiger partial charge in [-0.2, -0.15) is 0 Å². The molecule has 3 fully saturated rings. The number of hydrogen-bond donors (Lipinski definition) is 1. The fourth-order valence-corrected chi connectivity index (χ4v) is 7.16. The van der Waals surface area contributed by atoms with E-state index >= 15 is 0 Å². The summed E-state index contributed by atoms with van der Waals surface area (Å²) in [4.78, 5) is 12.1. The van der Waals surface area contributed by atoms with Gasteiger partial charge in [-0.1, -0.05) is 56.3 Å². The second kappa shape index (κ2) is 7.37. The molecule has 0 radical (unpaired) electrons. The topological polar surface area (TPSA) is 47.6 Å². The number of fused-ring (bicyclic) bond motifs is 1. The molecular formula is C27H33NO3. The Morgan fingerprint density at radius 1 is 1.10 bits per heavy atom. The van der Waals surface area contributed by atoms with Crippen LogP contribution in [0.1, 0.15) is 51.7 Å². The van der Waals surface area contributed by atoms with E-state index in [0.29, 0.717) is 11.8 Å². The van der Waals surface area contributed by atoms with E-state index in [2.05, 4.69) is 55.6 Å². The maximum absolute atomic E-state index is 12.1. The Balaban J connectivity index is 1.58. The number of rotatable bonds is 4. The summed E-state index contributed by atoms with van der Waals surface area (Å²) in [7, 11) is 1.73. The second-order valence-electron chi connectivity index (χ2n) is 10.3. The largest absolute Gasteiger partial charge is 0.496 e. The molecule has 164 valence electrons. The van der Waals surface area contributed by atoms with Crippen molar-refractivity contribution in [3.8, 4) is 16.9 Å². The minimum atomic E-state index is 0.0345. The Bertz CT molecular complexity index is 999. The highest BCUT2D eigenvalue weighted by Crippen LogP contribution is 2.70. The number of hydrogen-bond acceptors (Lipinski definition) is 3. The Labute approximate surface area is 185 Å². The molecule has 31 heavy (non-hydrogen) atoms. The molecule has 1 saturated heterocycles. The fourth-order valence-electron chi connectivity index (χ4n) is 7.16. The van der Waals surface area contributed by atoms with Crippen molar-refractivity contribution in [2.75, 3.05) is 13.7 Å². The van der Waals surface area contributed by atoms with E-state index in [4.69, 9.17) is 9.47 Å². The van der Waals surface area contributed by atoms with Crippen molar-refractivity contribution in [3.63, 3.8) is 0 Å². The molecule has 2 aliphatic carbocycles. The molecule has 4 nitrogen and oxygen atoms in total. The van der Waals surface area contributed by atoms with Crippen molar-refractivity contribution in [2.45, 2.75) is 52.2 Å². The van der Waals surface area contributed by atoms with Gasteiger partial charge >= 0.3 is 0 Å². The summed E-state index contributed by atoms with van der Waals surface area (Å²) in [6.07, 6.45) is 3.41. The van der Waals surface area contributed by atoms with E-state index in [1.807, 2.05) is 12.1 Å². The van der Waals surface area contributed by atoms with E-state index < -0.39 is 0 Å². The quantitative estimate of drug-likeness (QED) is 0.724. The van der Waals surface area contributed by atoms with Crippen LogP contribution >= 0.6 is 0 Å². The summed E-state index contributed by atoms with van der Waals surface area (Å²) in [5.41, 5.74) is 3.75. The van der Waals surface area contributed by atoms with Crippen molar-refractivity contribution in [3.05, 3.63) is 54.1 Å². The van der Waals surface area contributed by atoms with Crippen LogP contribution in [0.3, 0.4) is 0 Å². The molecule has 1 N–H and O–H groups in total. The zero-order valence-corrected chi connectivity index (χ0v) is 19.0. The predicted octanol–water partition coefficient (Wildman–Crippen LogP) is 5.38. The van der Waals surface area contributed by atoms with Crippen LogP contribution in [-0.2, 0) is 9.53 Å². The number of carbonyl (C=O) groups excluding carboxylic acids is 1. The zero-order chi connectivity index (χ0) is 21.8. The molecule has 2 aromatic carbocycles. The SMILES string of the molecule is COc1ccccc1-c1ccccc1[C@H]1OCC[C@@]23C[C@@H](C[C@H]12)C(C)(C)[C@@H]3NC(C)=O. The Morgan fingerprint density at radius 2 is 1.81 bits per heavy atom. The number of methoxy groups -OCH3 is 1. The molecule has 0 aromatic heterocycles. The lowest BCUT2D eigenvalue weighted by Crippen LogP contribution is -2.58. The molecule has 0 unspecified atom stereocenters. The van der Waals surface area contributed by atoms with E-state index in [0.717, 1.165) is 30.8 Å². The average Bonchev–Trinajstić information content (AvgIpc) is 3.26. The van der Waals surface area contributed by atoms with Crippen LogP contribution in [0.15, 0.2) is 48.5 Å². The van der Waals surface area contributed by atoms with Crippen molar-refractivity contribution in [1.29, 1.82) is 0 Å². The van der Waals surface area contributed by atoms with Crippen molar-refractivity contribution >= 4 is 5.91 Å². The summed E-state index contributed by atoms with van der Waals surface area (Å²) in [5, 5.41) is 3.38. The van der Waals surface area contributed by atoms with E-state index in [1.54, 1.807) is 14.0 Å². The smallest absolute Gasteiger partial charge is 0.217 e. The first kappa shape index (κ1) is 20.6. The van der Waals surface area contributed by atoms with Gasteiger partial charge in [-0.05, 0) is 59.1 Å². The first-order valence-electron chi connectivity index (χ1n) is 11.5. The molecule has 1 amide bonds. The van der Waals surface area contributed by atoms with Crippen LogP contribution < -0.4 is 10.1 Å². The highest BCUT2D eigenvalue weighted by Gasteiger charge is 2.68. The third kappa shape index (κ3) is 3.02. The molecule has 4 heteroatoms. The van der Waals surface area contributed by atoms with Gasteiger partial charge < -0.3 is 14.8 Å². The first-order chi connectivity index (χ1) is 14.9. The predicted molar refractivity (Wildman–Crippen MR) is 122 cm³/mol. The van der Waals surface area contributed by atoms with Crippen LogP contribution in [0.25, 0.3) is 11.1 Å². The highest BCUT2D eigenvalue weighted by atomic mass is 16.5. The van der Waals surface area contributed by atoms with Crippen LogP contribution in [-0.4, -0.2) is 25.7 Å². The van der Waals surface area contributed by atoms with Gasteiger partial charge in [0.2, 0.25) is 5.91 Å². The number of carbonyl (C=O) groups is 1. The van der Waals surface area contributed by atoms with Crippen LogP contribution in [0.2, 0.25) is 0 Å². The van der Waals surface area contributed by atoms with Gasteiger partial charge in [-0.15, -0.1) is 0 Å². The summed E-state index contributed by atoms with van der Waals surface area (Å²) >= 11 is 0. The molecule has 2 aromatic rings. The number of nitrogens with one attached hydrogen (secondary N) is 1. The van der Waals surface area contributed by atoms with Crippen LogP contribution in [0.4, 0.5) is 0 Å². The molecular weight excluding hydrogens is 386 g/mol. The monoisotopic (exact) mass is 419 g/mol. The number of para-hydroxylation sites is 1. The highest BCUT2D eigenvalue weighted by molar-refractivity contribution is 5.74. The van der Waals surface area contributed by atoms with Gasteiger partial charge in [-0.3, -0.25) is 4.79 Å². The number of amides is 1. The average molecular weight is 420 g/mol. The lowest BCUT2D eigenvalue weighted by molar-refractivity contribution is -0.135. The third-order valence-corrected chi connectivity index (χ3v) is 8.52. The maximum Gasteiger partial charge on any atom is 0.217 e. The van der Waals surface area contributed by atoms with E-state index in [-0.39, 0.29) is 28.9 Å². The summed E-state index contributed by atoms with van der Waals surface area (Å²) in [6.45, 7) is 7.08. The zero-order valence-electron chi connectivity index (χ0n) is 19.0. The van der Waals surface area contributed by atoms with Crippen molar-refractivity contribution in [1.82, 2.24) is 5.32 Å². The van der Waals surface area contributed by atoms with Gasteiger partial charge in [0.05, 0.1) is 13.2 Å². The standard InChI is InChI=1S/C27H33NO3/c1-17(29)28-25-26(2,3)18-15-22-24(31-14-13-27(22,25)16-18)21-11-6-5-9-19(21)20-10-7-8-12-23(20)30-4/h5-12,18,22,24-25H,13-16H2,1-4H3,(H,28,29)/t18-,22-,24-,25+,27-/m1/s1. The summed E-state index contributed by atoms with van der Waals surface area (Å²) < 4.78 is 12.2. The summed E-state index contributed by atoms with van der Waals surface area (Å²) in [5.74, 6) is 1.98. The molecule has 1 spiro atoms. The molecule has 5 atom stereocenters. The molecule has 1 aliphatic heterocycles. The Hall–Kier alpha value is -2.33. The molecule has 5 rings (SSSR count). The third-order valence-electron chi connectivity index (χ3n) is 8.52. The molecule has 2 bridgehead atoms. The van der Waals surface area contributed by atoms with Gasteiger partial charge in [0.25, 0.3) is 0 Å². The molecule has 1 heterocycles. The van der Waals surface area contributed by atoms with Crippen LogP contribution in [0, 0.1) is 22.7 Å². The molecule has 2 saturated carbocycles. The maximum atomic E-state index is 12.1. The number of benzene rings is 2. The molecule has 3 aliphatic rings. The van der Waals surface area contributed by atoms with Gasteiger partial charge in [0.1, 0.15) is 5.75 Å². The Kier molecular flexibility index (Phi) is 4.89. The van der Waals surface area contributed by atoms with E-state index in [9.17, 15) is 4.79 Å². The van der Waals surface area contributed by atoms with Gasteiger partial charge in [0.15, 0.2) is 0 Å². The minimum Gasteiger partial charge on any atom is -0.496 e. The van der Waals surface area contributed by atoms with Crippen molar-refractivity contribution in [2.24, 2.45) is 22.7 Å². The lowest BCUT2D eigenvalue weighted by atomic mass is 9.58. The lowest BCUT2D eigenvalue weighted by Gasteiger charge is -2.53. The summed E-state index contributed by atoms with van der Waals surface area (Å²) in [6, 6.07) is 17.0. The second-order valence-corrected chi connectivity index (χ2v) is 10.3. The minimum absolute atomic E-state index is 0.0345. The van der Waals surface area contributed by atoms with E-state index in [1.165, 1.54) is 17.5 Å². The normalized spacial score (nSPS) is 33.0. The Morgan fingerprint density at radius 3 is 2.55 bits per heavy atom. The van der Waals surface area contributed by atoms with Crippen molar-refractivity contribution < 1.29 is 14.3 Å².